The van der Waals surface area contributed by atoms with Gasteiger partial charge in [-0.2, -0.15) is 0 Å². The third-order valence-electron chi connectivity index (χ3n) is 4.16. The van der Waals surface area contributed by atoms with Gasteiger partial charge in [0.1, 0.15) is 5.75 Å². The molecule has 0 fully saturated rings. The van der Waals surface area contributed by atoms with E-state index in [-0.39, 0.29) is 5.91 Å². The van der Waals surface area contributed by atoms with Crippen molar-refractivity contribution in [3.05, 3.63) is 54.1 Å². The van der Waals surface area contributed by atoms with Gasteiger partial charge in [-0.1, -0.05) is 26.0 Å². The van der Waals surface area contributed by atoms with Crippen LogP contribution in [0.4, 0.5) is 11.4 Å². The quantitative estimate of drug-likeness (QED) is 0.730. The molecule has 0 atom stereocenters. The van der Waals surface area contributed by atoms with E-state index in [0.29, 0.717) is 5.56 Å². The Morgan fingerprint density at radius 1 is 1.04 bits per heavy atom. The number of carbonyl (C=O) groups excluding carboxylic acids is 1. The smallest absolute Gasteiger partial charge is 0.257 e. The number of hydrogen-bond donors (Lipinski definition) is 2. The molecule has 0 aliphatic carbocycles. The topological polar surface area (TPSA) is 53.6 Å². The zero-order valence-electron chi connectivity index (χ0n) is 15.2. The lowest BCUT2D eigenvalue weighted by Gasteiger charge is -2.19. The Morgan fingerprint density at radius 2 is 1.72 bits per heavy atom. The van der Waals surface area contributed by atoms with E-state index in [4.69, 9.17) is 4.74 Å². The van der Waals surface area contributed by atoms with Crippen LogP contribution in [-0.4, -0.2) is 44.1 Å². The number of benzene rings is 2. The second-order valence-corrected chi connectivity index (χ2v) is 5.68. The summed E-state index contributed by atoms with van der Waals surface area (Å²) in [5.74, 6) is 0.632. The van der Waals surface area contributed by atoms with E-state index in [1.54, 1.807) is 7.11 Å². The van der Waals surface area contributed by atoms with Crippen LogP contribution in [0.5, 0.6) is 5.75 Å². The van der Waals surface area contributed by atoms with Gasteiger partial charge in [-0.25, -0.2) is 0 Å². The maximum absolute atomic E-state index is 12.6. The summed E-state index contributed by atoms with van der Waals surface area (Å²) in [5.41, 5.74) is 2.22. The number of para-hydroxylation sites is 1. The van der Waals surface area contributed by atoms with Crippen LogP contribution in [0.2, 0.25) is 0 Å². The lowest BCUT2D eigenvalue weighted by molar-refractivity contribution is 0.102. The molecule has 0 radical (unpaired) electrons. The van der Waals surface area contributed by atoms with Crippen LogP contribution in [-0.2, 0) is 0 Å². The molecule has 2 N–H and O–H groups in total. The summed E-state index contributed by atoms with van der Waals surface area (Å²) in [6.07, 6.45) is 0. The molecule has 0 spiro atoms. The van der Waals surface area contributed by atoms with Crippen LogP contribution in [0.25, 0.3) is 0 Å². The van der Waals surface area contributed by atoms with Gasteiger partial charge in [0, 0.05) is 24.5 Å². The fraction of sp³-hybridized carbons (Fsp3) is 0.350. The van der Waals surface area contributed by atoms with Crippen molar-refractivity contribution in [3.8, 4) is 5.75 Å². The molecule has 0 bridgehead atoms. The highest BCUT2D eigenvalue weighted by atomic mass is 16.5. The fourth-order valence-corrected chi connectivity index (χ4v) is 2.60. The molecule has 0 aliphatic rings. The largest absolute Gasteiger partial charge is 0.497 e. The number of hydrogen-bond acceptors (Lipinski definition) is 4. The fourth-order valence-electron chi connectivity index (χ4n) is 2.60. The van der Waals surface area contributed by atoms with Crippen molar-refractivity contribution < 1.29 is 9.53 Å². The first-order chi connectivity index (χ1) is 12.2. The standard InChI is InChI=1S/C20H27N3O2/c1-4-23(5-2)15-14-21-19-9-7-6-8-18(19)20(24)22-16-10-12-17(25-3)13-11-16/h6-13,21H,4-5,14-15H2,1-3H3,(H,22,24). The van der Waals surface area contributed by atoms with Crippen LogP contribution >= 0.6 is 0 Å². The summed E-state index contributed by atoms with van der Waals surface area (Å²) >= 11 is 0. The SMILES string of the molecule is CCN(CC)CCNc1ccccc1C(=O)Nc1ccc(OC)cc1. The molecule has 0 unspecified atom stereocenters. The molecule has 5 nitrogen and oxygen atoms in total. The van der Waals surface area contributed by atoms with Gasteiger partial charge < -0.3 is 20.3 Å². The number of likely N-dealkylation sites (N-methyl/N-ethyl adjacent to an activating group) is 1. The van der Waals surface area contributed by atoms with E-state index in [0.717, 1.165) is 43.3 Å². The van der Waals surface area contributed by atoms with Crippen LogP contribution in [0.15, 0.2) is 48.5 Å². The second kappa shape index (κ2) is 9.69. The predicted molar refractivity (Wildman–Crippen MR) is 104 cm³/mol. The summed E-state index contributed by atoms with van der Waals surface area (Å²) in [6, 6.07) is 14.9. The Hall–Kier alpha value is -2.53. The van der Waals surface area contributed by atoms with Crippen molar-refractivity contribution in [2.45, 2.75) is 13.8 Å². The Kier molecular flexibility index (Phi) is 7.29. The number of methoxy groups -OCH3 is 1. The summed E-state index contributed by atoms with van der Waals surface area (Å²) in [6.45, 7) is 8.10. The number of nitrogens with one attached hydrogen (secondary N) is 2. The highest BCUT2D eigenvalue weighted by molar-refractivity contribution is 6.08. The van der Waals surface area contributed by atoms with E-state index in [9.17, 15) is 4.79 Å². The minimum atomic E-state index is -0.129. The Bertz CT molecular complexity index is 667. The van der Waals surface area contributed by atoms with Gasteiger partial charge in [-0.15, -0.1) is 0 Å². The first kappa shape index (κ1) is 18.8. The number of carbonyl (C=O) groups is 1. The Balaban J connectivity index is 2.01. The monoisotopic (exact) mass is 341 g/mol. The van der Waals surface area contributed by atoms with Crippen molar-refractivity contribution in [1.82, 2.24) is 4.90 Å². The van der Waals surface area contributed by atoms with Crippen molar-refractivity contribution in [2.75, 3.05) is 43.9 Å². The van der Waals surface area contributed by atoms with Gasteiger partial charge in [-0.3, -0.25) is 4.79 Å². The zero-order chi connectivity index (χ0) is 18.1. The van der Waals surface area contributed by atoms with Crippen molar-refractivity contribution in [2.24, 2.45) is 0 Å². The van der Waals surface area contributed by atoms with E-state index in [1.165, 1.54) is 0 Å². The average molecular weight is 341 g/mol. The molecule has 5 heteroatoms. The number of amides is 1. The van der Waals surface area contributed by atoms with E-state index in [2.05, 4.69) is 29.4 Å². The number of rotatable bonds is 9. The first-order valence-corrected chi connectivity index (χ1v) is 8.68. The van der Waals surface area contributed by atoms with Crippen LogP contribution in [0, 0.1) is 0 Å². The molecule has 0 saturated heterocycles. The second-order valence-electron chi connectivity index (χ2n) is 5.68. The van der Waals surface area contributed by atoms with Crippen LogP contribution in [0.1, 0.15) is 24.2 Å². The summed E-state index contributed by atoms with van der Waals surface area (Å²) in [4.78, 5) is 14.9. The molecule has 0 aliphatic heterocycles. The molecule has 25 heavy (non-hydrogen) atoms. The van der Waals surface area contributed by atoms with Gasteiger partial charge >= 0.3 is 0 Å². The van der Waals surface area contributed by atoms with Crippen molar-refractivity contribution in [1.29, 1.82) is 0 Å². The van der Waals surface area contributed by atoms with E-state index < -0.39 is 0 Å². The van der Waals surface area contributed by atoms with Crippen molar-refractivity contribution >= 4 is 17.3 Å². The molecule has 2 aromatic rings. The summed E-state index contributed by atoms with van der Waals surface area (Å²) in [7, 11) is 1.62. The van der Waals surface area contributed by atoms with Gasteiger partial charge in [-0.05, 0) is 49.5 Å². The number of anilines is 2. The molecule has 134 valence electrons. The lowest BCUT2D eigenvalue weighted by atomic mass is 10.1. The highest BCUT2D eigenvalue weighted by Crippen LogP contribution is 2.19. The van der Waals surface area contributed by atoms with Gasteiger partial charge in [0.2, 0.25) is 0 Å². The predicted octanol–water partition coefficient (Wildman–Crippen LogP) is 3.70. The minimum Gasteiger partial charge on any atom is -0.497 e. The van der Waals surface area contributed by atoms with Gasteiger partial charge in [0.15, 0.2) is 0 Å². The average Bonchev–Trinajstić information content (AvgIpc) is 2.66. The minimum absolute atomic E-state index is 0.129. The molecule has 1 amide bonds. The highest BCUT2D eigenvalue weighted by Gasteiger charge is 2.11. The van der Waals surface area contributed by atoms with Crippen LogP contribution < -0.4 is 15.4 Å². The first-order valence-electron chi connectivity index (χ1n) is 8.68. The normalized spacial score (nSPS) is 10.6. The molecule has 2 aromatic carbocycles. The zero-order valence-corrected chi connectivity index (χ0v) is 15.2. The van der Waals surface area contributed by atoms with Crippen LogP contribution in [0.3, 0.4) is 0 Å². The molecule has 0 heterocycles. The number of nitrogens with zero attached hydrogens (tertiary/aromatic N) is 1. The van der Waals surface area contributed by atoms with Gasteiger partial charge in [0.25, 0.3) is 5.91 Å². The molecule has 0 aromatic heterocycles. The maximum atomic E-state index is 12.6. The Morgan fingerprint density at radius 3 is 2.36 bits per heavy atom. The number of ether oxygens (including phenoxy) is 1. The maximum Gasteiger partial charge on any atom is 0.257 e. The van der Waals surface area contributed by atoms with E-state index in [1.807, 2.05) is 48.5 Å². The van der Waals surface area contributed by atoms with Crippen molar-refractivity contribution in [3.63, 3.8) is 0 Å². The molecule has 2 rings (SSSR count). The molecular formula is C20H27N3O2. The molecule has 0 saturated carbocycles. The molecular weight excluding hydrogens is 314 g/mol. The third kappa shape index (κ3) is 5.50. The lowest BCUT2D eigenvalue weighted by Crippen LogP contribution is -2.29. The third-order valence-corrected chi connectivity index (χ3v) is 4.16. The van der Waals surface area contributed by atoms with E-state index >= 15 is 0 Å². The van der Waals surface area contributed by atoms with Gasteiger partial charge in [0.05, 0.1) is 12.7 Å². The summed E-state index contributed by atoms with van der Waals surface area (Å²) < 4.78 is 5.13. The Labute approximate surface area is 150 Å². The summed E-state index contributed by atoms with van der Waals surface area (Å²) in [5, 5.41) is 6.30.